The Labute approximate surface area is 144 Å². The lowest BCUT2D eigenvalue weighted by molar-refractivity contribution is 0.414. The van der Waals surface area contributed by atoms with Crippen LogP contribution in [0, 0.1) is 0 Å². The zero-order chi connectivity index (χ0) is 17.2. The number of nitrogens with zero attached hydrogens (tertiary/aromatic N) is 6. The van der Waals surface area contributed by atoms with E-state index < -0.39 is 0 Å². The summed E-state index contributed by atoms with van der Waals surface area (Å²) in [6.07, 6.45) is 8.84. The number of imidazole rings is 1. The molecule has 0 bridgehead atoms. The van der Waals surface area contributed by atoms with Gasteiger partial charge >= 0.3 is 0 Å². The van der Waals surface area contributed by atoms with Crippen LogP contribution in [0.4, 0.5) is 5.82 Å². The third kappa shape index (κ3) is 2.78. The first-order valence-electron chi connectivity index (χ1n) is 7.78. The molecule has 0 saturated heterocycles. The molecular weight excluding hydrogens is 318 g/mol. The first-order chi connectivity index (χ1) is 12.3. The predicted molar refractivity (Wildman–Crippen MR) is 92.4 cm³/mol. The van der Waals surface area contributed by atoms with Crippen molar-refractivity contribution < 1.29 is 4.74 Å². The summed E-state index contributed by atoms with van der Waals surface area (Å²) in [5.74, 6) is 2.28. The molecule has 25 heavy (non-hydrogen) atoms. The Hall–Kier alpha value is -3.42. The zero-order valence-electron chi connectivity index (χ0n) is 13.9. The second-order valence-corrected chi connectivity index (χ2v) is 5.59. The van der Waals surface area contributed by atoms with E-state index in [-0.39, 0.29) is 6.04 Å². The van der Waals surface area contributed by atoms with Gasteiger partial charge in [0.05, 0.1) is 7.11 Å². The second kappa shape index (κ2) is 6.23. The maximum atomic E-state index is 5.36. The van der Waals surface area contributed by atoms with Crippen LogP contribution < -0.4 is 10.1 Å². The maximum Gasteiger partial charge on any atom is 0.203 e. The number of hydrogen-bond donors (Lipinski definition) is 1. The number of aromatic nitrogens is 6. The third-order valence-corrected chi connectivity index (χ3v) is 4.04. The number of anilines is 1. The summed E-state index contributed by atoms with van der Waals surface area (Å²) in [4.78, 5) is 8.92. The Morgan fingerprint density at radius 2 is 2.04 bits per heavy atom. The van der Waals surface area contributed by atoms with Gasteiger partial charge in [-0.2, -0.15) is 0 Å². The van der Waals surface area contributed by atoms with Gasteiger partial charge in [-0.1, -0.05) is 12.1 Å². The van der Waals surface area contributed by atoms with Gasteiger partial charge in [0.2, 0.25) is 5.65 Å². The zero-order valence-corrected chi connectivity index (χ0v) is 13.9. The standard InChI is InChI=1S/C17H17N7O/c1-23-8-6-19-16(23)14(12-4-3-5-13(10-12)25-2)21-15-17-22-20-11-24(17)9-7-18-15/h3-11,14H,1-2H3,(H,18,21)/t14-/m0/s1. The van der Waals surface area contributed by atoms with E-state index in [9.17, 15) is 0 Å². The molecular formula is C17H17N7O. The van der Waals surface area contributed by atoms with Crippen LogP contribution in [-0.2, 0) is 7.05 Å². The van der Waals surface area contributed by atoms with E-state index in [0.29, 0.717) is 11.5 Å². The van der Waals surface area contributed by atoms with E-state index in [2.05, 4.69) is 25.5 Å². The fourth-order valence-corrected chi connectivity index (χ4v) is 2.77. The molecule has 0 aliphatic rings. The smallest absolute Gasteiger partial charge is 0.203 e. The molecule has 1 atom stereocenters. The summed E-state index contributed by atoms with van der Waals surface area (Å²) in [7, 11) is 3.61. The molecule has 0 aliphatic heterocycles. The minimum atomic E-state index is -0.217. The summed E-state index contributed by atoms with van der Waals surface area (Å²) in [6.45, 7) is 0. The van der Waals surface area contributed by atoms with Crippen molar-refractivity contribution in [1.82, 2.24) is 29.1 Å². The molecule has 126 valence electrons. The van der Waals surface area contributed by atoms with Crippen LogP contribution in [0.1, 0.15) is 17.4 Å². The number of hydrogen-bond acceptors (Lipinski definition) is 6. The van der Waals surface area contributed by atoms with Crippen molar-refractivity contribution >= 4 is 11.5 Å². The highest BCUT2D eigenvalue weighted by molar-refractivity contribution is 5.63. The van der Waals surface area contributed by atoms with Crippen molar-refractivity contribution in [3.05, 3.63) is 66.8 Å². The molecule has 0 amide bonds. The Kier molecular flexibility index (Phi) is 3.77. The number of nitrogens with one attached hydrogen (secondary N) is 1. The van der Waals surface area contributed by atoms with E-state index >= 15 is 0 Å². The largest absolute Gasteiger partial charge is 0.497 e. The first kappa shape index (κ1) is 15.1. The minimum Gasteiger partial charge on any atom is -0.497 e. The SMILES string of the molecule is COc1cccc([C@H](Nc2nccn3cnnc23)c2nccn2C)c1. The van der Waals surface area contributed by atoms with Gasteiger partial charge in [0.25, 0.3) is 0 Å². The molecule has 4 aromatic rings. The lowest BCUT2D eigenvalue weighted by atomic mass is 10.1. The van der Waals surface area contributed by atoms with Gasteiger partial charge in [0.15, 0.2) is 5.82 Å². The van der Waals surface area contributed by atoms with Crippen molar-refractivity contribution in [2.24, 2.45) is 7.05 Å². The number of ether oxygens (including phenoxy) is 1. The molecule has 0 unspecified atom stereocenters. The van der Waals surface area contributed by atoms with Crippen LogP contribution in [0.15, 0.2) is 55.4 Å². The van der Waals surface area contributed by atoms with Crippen LogP contribution in [0.2, 0.25) is 0 Å². The van der Waals surface area contributed by atoms with Gasteiger partial charge in [-0.05, 0) is 17.7 Å². The molecule has 0 radical (unpaired) electrons. The quantitative estimate of drug-likeness (QED) is 0.601. The fraction of sp³-hybridized carbons (Fsp3) is 0.176. The van der Waals surface area contributed by atoms with E-state index in [4.69, 9.17) is 4.74 Å². The van der Waals surface area contributed by atoms with Gasteiger partial charge in [0.1, 0.15) is 23.9 Å². The van der Waals surface area contributed by atoms with Crippen LogP contribution in [0.25, 0.3) is 5.65 Å². The lowest BCUT2D eigenvalue weighted by Gasteiger charge is -2.20. The Balaban J connectivity index is 1.80. The first-order valence-corrected chi connectivity index (χ1v) is 7.78. The summed E-state index contributed by atoms with van der Waals surface area (Å²) < 4.78 is 9.15. The van der Waals surface area contributed by atoms with Crippen LogP contribution >= 0.6 is 0 Å². The Morgan fingerprint density at radius 3 is 2.84 bits per heavy atom. The van der Waals surface area contributed by atoms with Gasteiger partial charge < -0.3 is 14.6 Å². The Bertz CT molecular complexity index is 1010. The number of methoxy groups -OCH3 is 1. The highest BCUT2D eigenvalue weighted by Crippen LogP contribution is 2.28. The molecule has 4 rings (SSSR count). The minimum absolute atomic E-state index is 0.217. The Morgan fingerprint density at radius 1 is 1.16 bits per heavy atom. The van der Waals surface area contributed by atoms with Gasteiger partial charge in [-0.25, -0.2) is 9.97 Å². The average molecular weight is 335 g/mol. The van der Waals surface area contributed by atoms with E-state index in [0.717, 1.165) is 17.1 Å². The normalized spacial score (nSPS) is 12.2. The summed E-state index contributed by atoms with van der Waals surface area (Å²) >= 11 is 0. The number of fused-ring (bicyclic) bond motifs is 1. The molecule has 0 saturated carbocycles. The molecule has 0 spiro atoms. The lowest BCUT2D eigenvalue weighted by Crippen LogP contribution is -2.18. The monoisotopic (exact) mass is 335 g/mol. The molecule has 3 heterocycles. The van der Waals surface area contributed by atoms with Crippen LogP contribution in [-0.4, -0.2) is 36.2 Å². The summed E-state index contributed by atoms with van der Waals surface area (Å²) in [5, 5.41) is 11.5. The van der Waals surface area contributed by atoms with Gasteiger partial charge in [-0.3, -0.25) is 4.40 Å². The summed E-state index contributed by atoms with van der Waals surface area (Å²) in [6, 6.07) is 7.66. The number of aryl methyl sites for hydroxylation is 1. The molecule has 0 fully saturated rings. The van der Waals surface area contributed by atoms with E-state index in [1.165, 1.54) is 0 Å². The molecule has 1 aromatic carbocycles. The molecule has 0 aliphatic carbocycles. The highest BCUT2D eigenvalue weighted by atomic mass is 16.5. The molecule has 8 heteroatoms. The third-order valence-electron chi connectivity index (χ3n) is 4.04. The van der Waals surface area contributed by atoms with E-state index in [1.807, 2.05) is 52.7 Å². The van der Waals surface area contributed by atoms with Gasteiger partial charge in [-0.15, -0.1) is 10.2 Å². The summed E-state index contributed by atoms with van der Waals surface area (Å²) in [5.41, 5.74) is 1.67. The second-order valence-electron chi connectivity index (χ2n) is 5.59. The molecule has 8 nitrogen and oxygen atoms in total. The highest BCUT2D eigenvalue weighted by Gasteiger charge is 2.21. The fourth-order valence-electron chi connectivity index (χ4n) is 2.77. The van der Waals surface area contributed by atoms with Crippen LogP contribution in [0.3, 0.4) is 0 Å². The van der Waals surface area contributed by atoms with Crippen molar-refractivity contribution in [1.29, 1.82) is 0 Å². The number of rotatable bonds is 5. The van der Waals surface area contributed by atoms with Crippen molar-refractivity contribution in [2.75, 3.05) is 12.4 Å². The van der Waals surface area contributed by atoms with Crippen molar-refractivity contribution in [2.45, 2.75) is 6.04 Å². The van der Waals surface area contributed by atoms with Crippen molar-refractivity contribution in [3.8, 4) is 5.75 Å². The topological polar surface area (TPSA) is 82.2 Å². The number of benzene rings is 1. The maximum absolute atomic E-state index is 5.36. The van der Waals surface area contributed by atoms with E-state index in [1.54, 1.807) is 25.8 Å². The predicted octanol–water partition coefficient (Wildman–Crippen LogP) is 2.07. The van der Waals surface area contributed by atoms with Crippen molar-refractivity contribution in [3.63, 3.8) is 0 Å². The molecule has 3 aromatic heterocycles. The van der Waals surface area contributed by atoms with Gasteiger partial charge in [0, 0.05) is 31.8 Å². The molecule has 1 N–H and O–H groups in total. The average Bonchev–Trinajstić information content (AvgIpc) is 3.29. The van der Waals surface area contributed by atoms with Crippen LogP contribution in [0.5, 0.6) is 5.75 Å².